The molecular weight excluding hydrogens is 466 g/mol. The van der Waals surface area contributed by atoms with Crippen molar-refractivity contribution in [3.8, 4) is 17.1 Å². The van der Waals surface area contributed by atoms with Crippen molar-refractivity contribution in [1.29, 1.82) is 0 Å². The number of carbonyl (C=O) groups is 1. The molecule has 10 nitrogen and oxygen atoms in total. The first-order valence-corrected chi connectivity index (χ1v) is 12.0. The Balaban J connectivity index is 1.42. The summed E-state index contributed by atoms with van der Waals surface area (Å²) < 4.78 is 3.37. The molecule has 0 bridgehead atoms. The molecule has 1 aromatic carbocycles. The molecule has 0 atom stereocenters. The summed E-state index contributed by atoms with van der Waals surface area (Å²) in [6, 6.07) is 19.1. The normalized spacial score (nSPS) is 11.3. The molecule has 1 N–H and O–H groups in total. The van der Waals surface area contributed by atoms with E-state index in [1.165, 1.54) is 6.33 Å². The fourth-order valence-electron chi connectivity index (χ4n) is 3.96. The van der Waals surface area contributed by atoms with Crippen molar-refractivity contribution in [2.24, 2.45) is 0 Å². The van der Waals surface area contributed by atoms with Crippen molar-refractivity contribution in [2.45, 2.75) is 6.92 Å². The number of aryl methyl sites for hydroxylation is 1. The van der Waals surface area contributed by atoms with Gasteiger partial charge in [0.15, 0.2) is 17.2 Å². The molecule has 0 unspecified atom stereocenters. The van der Waals surface area contributed by atoms with Crippen LogP contribution < -0.4 is 10.2 Å². The molecule has 0 fully saturated rings. The van der Waals surface area contributed by atoms with E-state index in [9.17, 15) is 4.79 Å². The Morgan fingerprint density at radius 2 is 1.81 bits per heavy atom. The van der Waals surface area contributed by atoms with Gasteiger partial charge in [-0.25, -0.2) is 19.2 Å². The number of likely N-dealkylation sites (N-methyl/N-ethyl adjacent to an activating group) is 2. The van der Waals surface area contributed by atoms with Gasteiger partial charge in [0.1, 0.15) is 6.33 Å². The van der Waals surface area contributed by atoms with Crippen LogP contribution in [0.4, 0.5) is 11.4 Å². The second kappa shape index (κ2) is 10.2. The SMILES string of the molecule is Cc1cccc(-n2nc(C(=O)Nc3ccc(N(C)CCN(C)C)cc3)cc2-c2ccc3ncnn3c2)n1. The second-order valence-electron chi connectivity index (χ2n) is 9.17. The van der Waals surface area contributed by atoms with Gasteiger partial charge in [0.05, 0.1) is 5.69 Å². The molecule has 5 rings (SSSR count). The molecule has 0 aliphatic heterocycles. The highest BCUT2D eigenvalue weighted by Crippen LogP contribution is 2.25. The maximum atomic E-state index is 13.2. The lowest BCUT2D eigenvalue weighted by molar-refractivity contribution is 0.102. The number of fused-ring (bicyclic) bond motifs is 1. The molecule has 4 heterocycles. The van der Waals surface area contributed by atoms with Gasteiger partial charge < -0.3 is 15.1 Å². The predicted molar refractivity (Wildman–Crippen MR) is 144 cm³/mol. The van der Waals surface area contributed by atoms with E-state index in [0.29, 0.717) is 11.5 Å². The van der Waals surface area contributed by atoms with Gasteiger partial charge in [0.2, 0.25) is 0 Å². The summed E-state index contributed by atoms with van der Waals surface area (Å²) in [6.45, 7) is 3.79. The lowest BCUT2D eigenvalue weighted by Gasteiger charge is -2.21. The topological polar surface area (TPSA) is 96.5 Å². The average molecular weight is 496 g/mol. The van der Waals surface area contributed by atoms with Gasteiger partial charge in [-0.3, -0.25) is 4.79 Å². The molecule has 4 aromatic heterocycles. The standard InChI is InChI=1S/C27H29N9O/c1-19-6-5-7-26(30-19)36-24(20-8-13-25-28-18-29-35(25)17-20)16-23(32-36)27(37)31-21-9-11-22(12-10-21)34(4)15-14-33(2)3/h5-13,16-18H,14-15H2,1-4H3,(H,31,37). The largest absolute Gasteiger partial charge is 0.373 e. The predicted octanol–water partition coefficient (Wildman–Crippen LogP) is 3.54. The number of aromatic nitrogens is 6. The van der Waals surface area contributed by atoms with Crippen LogP contribution in [0.1, 0.15) is 16.2 Å². The van der Waals surface area contributed by atoms with Crippen molar-refractivity contribution >= 4 is 22.9 Å². The number of rotatable bonds is 8. The van der Waals surface area contributed by atoms with Gasteiger partial charge in [0.25, 0.3) is 5.91 Å². The third-order valence-electron chi connectivity index (χ3n) is 6.05. The molecule has 0 spiro atoms. The first-order valence-electron chi connectivity index (χ1n) is 12.0. The first kappa shape index (κ1) is 24.1. The van der Waals surface area contributed by atoms with Crippen LogP contribution in [0.15, 0.2) is 73.2 Å². The zero-order valence-corrected chi connectivity index (χ0v) is 21.3. The highest BCUT2D eigenvalue weighted by molar-refractivity contribution is 6.03. The van der Waals surface area contributed by atoms with Crippen LogP contribution in [-0.4, -0.2) is 74.4 Å². The van der Waals surface area contributed by atoms with Crippen molar-refractivity contribution in [3.63, 3.8) is 0 Å². The number of anilines is 2. The van der Waals surface area contributed by atoms with E-state index in [4.69, 9.17) is 0 Å². The van der Waals surface area contributed by atoms with Crippen LogP contribution in [0.3, 0.4) is 0 Å². The Morgan fingerprint density at radius 3 is 2.57 bits per heavy atom. The van der Waals surface area contributed by atoms with E-state index >= 15 is 0 Å². The Labute approximate surface area is 215 Å². The summed E-state index contributed by atoms with van der Waals surface area (Å²) in [4.78, 5) is 26.4. The number of hydrogen-bond donors (Lipinski definition) is 1. The van der Waals surface area contributed by atoms with E-state index < -0.39 is 0 Å². The number of pyridine rings is 2. The lowest BCUT2D eigenvalue weighted by Crippen LogP contribution is -2.28. The zero-order valence-electron chi connectivity index (χ0n) is 21.3. The maximum Gasteiger partial charge on any atom is 0.276 e. The van der Waals surface area contributed by atoms with E-state index in [0.717, 1.165) is 41.4 Å². The third kappa shape index (κ3) is 5.34. The Kier molecular flexibility index (Phi) is 6.65. The van der Waals surface area contributed by atoms with Crippen molar-refractivity contribution in [2.75, 3.05) is 44.4 Å². The summed E-state index contributed by atoms with van der Waals surface area (Å²) in [5, 5.41) is 11.8. The molecule has 37 heavy (non-hydrogen) atoms. The number of nitrogens with zero attached hydrogens (tertiary/aromatic N) is 8. The molecule has 0 radical (unpaired) electrons. The molecular formula is C27H29N9O. The van der Waals surface area contributed by atoms with Gasteiger partial charge in [-0.05, 0) is 75.6 Å². The molecule has 1 amide bonds. The van der Waals surface area contributed by atoms with Gasteiger partial charge >= 0.3 is 0 Å². The molecule has 0 aliphatic carbocycles. The molecule has 5 aromatic rings. The number of nitrogens with one attached hydrogen (secondary N) is 1. The Bertz CT molecular complexity index is 1540. The minimum atomic E-state index is -0.303. The van der Waals surface area contributed by atoms with Gasteiger partial charge in [-0.15, -0.1) is 0 Å². The second-order valence-corrected chi connectivity index (χ2v) is 9.17. The fraction of sp³-hybridized carbons (Fsp3) is 0.222. The number of carbonyl (C=O) groups excluding carboxylic acids is 1. The van der Waals surface area contributed by atoms with Crippen LogP contribution in [-0.2, 0) is 0 Å². The van der Waals surface area contributed by atoms with Crippen LogP contribution in [0.5, 0.6) is 0 Å². The van der Waals surface area contributed by atoms with E-state index in [1.807, 2.05) is 67.7 Å². The number of amides is 1. The minimum absolute atomic E-state index is 0.282. The molecule has 0 saturated carbocycles. The third-order valence-corrected chi connectivity index (χ3v) is 6.05. The summed E-state index contributed by atoms with van der Waals surface area (Å²) >= 11 is 0. The average Bonchev–Trinajstić information content (AvgIpc) is 3.55. The fourth-order valence-corrected chi connectivity index (χ4v) is 3.96. The van der Waals surface area contributed by atoms with Crippen LogP contribution in [0.25, 0.3) is 22.7 Å². The van der Waals surface area contributed by atoms with E-state index in [1.54, 1.807) is 15.3 Å². The van der Waals surface area contributed by atoms with E-state index in [2.05, 4.69) is 56.4 Å². The number of hydrogen-bond acceptors (Lipinski definition) is 7. The summed E-state index contributed by atoms with van der Waals surface area (Å²) in [5.41, 5.74) is 5.20. The van der Waals surface area contributed by atoms with Crippen LogP contribution in [0.2, 0.25) is 0 Å². The summed E-state index contributed by atoms with van der Waals surface area (Å²) in [5.74, 6) is 0.320. The monoisotopic (exact) mass is 495 g/mol. The Hall–Kier alpha value is -4.57. The minimum Gasteiger partial charge on any atom is -0.373 e. The highest BCUT2D eigenvalue weighted by atomic mass is 16.2. The van der Waals surface area contributed by atoms with Crippen molar-refractivity contribution < 1.29 is 4.79 Å². The lowest BCUT2D eigenvalue weighted by atomic mass is 10.2. The molecule has 0 saturated heterocycles. The number of benzene rings is 1. The smallest absolute Gasteiger partial charge is 0.276 e. The van der Waals surface area contributed by atoms with Crippen LogP contribution >= 0.6 is 0 Å². The first-order chi connectivity index (χ1) is 17.9. The highest BCUT2D eigenvalue weighted by Gasteiger charge is 2.18. The van der Waals surface area contributed by atoms with Gasteiger partial charge in [-0.1, -0.05) is 6.07 Å². The van der Waals surface area contributed by atoms with Gasteiger partial charge in [0, 0.05) is 49.0 Å². The summed E-state index contributed by atoms with van der Waals surface area (Å²) in [6.07, 6.45) is 3.36. The Morgan fingerprint density at radius 1 is 1.00 bits per heavy atom. The quantitative estimate of drug-likeness (QED) is 0.352. The van der Waals surface area contributed by atoms with E-state index in [-0.39, 0.29) is 11.6 Å². The summed E-state index contributed by atoms with van der Waals surface area (Å²) in [7, 11) is 6.17. The molecule has 0 aliphatic rings. The van der Waals surface area contributed by atoms with Crippen molar-refractivity contribution in [1.82, 2.24) is 34.3 Å². The zero-order chi connectivity index (χ0) is 25.9. The molecule has 188 valence electrons. The van der Waals surface area contributed by atoms with Gasteiger partial charge in [-0.2, -0.15) is 10.2 Å². The van der Waals surface area contributed by atoms with Crippen molar-refractivity contribution in [3.05, 3.63) is 84.6 Å². The van der Waals surface area contributed by atoms with Crippen LogP contribution in [0, 0.1) is 6.92 Å². The maximum absolute atomic E-state index is 13.2. The molecule has 10 heteroatoms.